The molecule has 48 heavy (non-hydrogen) atoms. The molecule has 3 N–H and O–H groups in total. The highest BCUT2D eigenvalue weighted by atomic mass is 16.6. The van der Waals surface area contributed by atoms with Crippen molar-refractivity contribution in [1.82, 2.24) is 20.2 Å². The van der Waals surface area contributed by atoms with Crippen LogP contribution in [0, 0.1) is 18.8 Å². The van der Waals surface area contributed by atoms with Crippen molar-refractivity contribution in [3.05, 3.63) is 66.0 Å². The summed E-state index contributed by atoms with van der Waals surface area (Å²) in [6, 6.07) is -0.924. The molecule has 0 unspecified atom stereocenters. The molecule has 258 valence electrons. The Bertz CT molecular complexity index is 1570. The van der Waals surface area contributed by atoms with Crippen LogP contribution in [0.2, 0.25) is 0 Å². The third-order valence-corrected chi connectivity index (χ3v) is 7.78. The number of oxazole rings is 2. The van der Waals surface area contributed by atoms with Crippen LogP contribution < -0.4 is 10.6 Å². The van der Waals surface area contributed by atoms with Gasteiger partial charge in [-0.25, -0.2) is 14.6 Å². The number of hydrogen-bond acceptors (Lipinski definition) is 12. The van der Waals surface area contributed by atoms with Crippen LogP contribution in [0.5, 0.6) is 0 Å². The molecule has 0 aliphatic carbocycles. The number of Topliss-reactive ketones (excluding diaryl/α,β-unsaturated/α-hetero) is 1. The van der Waals surface area contributed by atoms with Gasteiger partial charge in [0.1, 0.15) is 30.5 Å². The third-order valence-electron chi connectivity index (χ3n) is 7.78. The molecule has 0 spiro atoms. The van der Waals surface area contributed by atoms with Crippen LogP contribution in [0.3, 0.4) is 0 Å². The second-order valence-corrected chi connectivity index (χ2v) is 11.9. The number of aromatic nitrogens is 2. The van der Waals surface area contributed by atoms with Crippen LogP contribution in [-0.2, 0) is 30.3 Å². The number of hydrogen-bond donors (Lipinski definition) is 3. The van der Waals surface area contributed by atoms with Gasteiger partial charge in [0.05, 0.1) is 19.1 Å². The van der Waals surface area contributed by atoms with Crippen LogP contribution in [-0.4, -0.2) is 87.6 Å². The summed E-state index contributed by atoms with van der Waals surface area (Å²) >= 11 is 0. The third kappa shape index (κ3) is 10.2. The Labute approximate surface area is 277 Å². The van der Waals surface area contributed by atoms with E-state index in [1.54, 1.807) is 45.9 Å². The van der Waals surface area contributed by atoms with Crippen molar-refractivity contribution in [2.75, 3.05) is 25.0 Å². The fourth-order valence-corrected chi connectivity index (χ4v) is 5.41. The first-order valence-corrected chi connectivity index (χ1v) is 15.7. The highest BCUT2D eigenvalue weighted by Crippen LogP contribution is 2.26. The number of rotatable bonds is 4. The predicted octanol–water partition coefficient (Wildman–Crippen LogP) is 3.06. The number of aliphatic hydroxyl groups is 1. The molecule has 2 aliphatic rings. The minimum absolute atomic E-state index is 0.0147. The van der Waals surface area contributed by atoms with E-state index in [2.05, 4.69) is 20.6 Å². The topological polar surface area (TPSA) is 203 Å². The molecule has 1 saturated heterocycles. The van der Waals surface area contributed by atoms with Crippen LogP contribution in [0.4, 0.5) is 10.6 Å². The van der Waals surface area contributed by atoms with Crippen molar-refractivity contribution >= 4 is 35.5 Å². The van der Waals surface area contributed by atoms with Gasteiger partial charge in [-0.1, -0.05) is 43.7 Å². The Kier molecular flexibility index (Phi) is 12.4. The fourth-order valence-electron chi connectivity index (χ4n) is 5.41. The summed E-state index contributed by atoms with van der Waals surface area (Å²) in [6.07, 6.45) is 8.01. The smallest absolute Gasteiger partial charge is 0.412 e. The van der Waals surface area contributed by atoms with Gasteiger partial charge in [0.2, 0.25) is 11.8 Å². The molecule has 0 aromatic carbocycles. The largest absolute Gasteiger partial charge is 0.460 e. The summed E-state index contributed by atoms with van der Waals surface area (Å²) in [5.74, 6) is -2.45. The molecule has 15 nitrogen and oxygen atoms in total. The molecule has 0 radical (unpaired) electrons. The molecule has 2 bridgehead atoms. The standard InChI is InChI=1S/C33H41N5O10/c1-19-7-5-11-34-28(41)10-9-20(2)30(21(3)16-47-33(44)37-27-18-45-22(4)35-27)48-32(43)26-8-6-12-38(26)31(42)25-17-46-29(36-25)15-24(40)14-23(39)13-19/h5,7,9-10,13,17-18,20-21,23,26,30,39H,6,8,11-12,14-16H2,1-4H3,(H,34,41)(H,37,44)/b7-5+,10-9+,19-13+/t20-,21-,23-,26-,30+/m1/s1. The molecule has 4 heterocycles. The predicted molar refractivity (Wildman–Crippen MR) is 169 cm³/mol. The second kappa shape index (κ2) is 16.7. The molecule has 5 atom stereocenters. The Balaban J connectivity index is 1.54. The van der Waals surface area contributed by atoms with Crippen molar-refractivity contribution in [3.8, 4) is 0 Å². The lowest BCUT2D eigenvalue weighted by Crippen LogP contribution is -2.44. The Morgan fingerprint density at radius 1 is 1.17 bits per heavy atom. The number of carbonyl (C=O) groups is 5. The number of esters is 1. The fraction of sp³-hybridized carbons (Fsp3) is 0.485. The molecule has 4 rings (SSSR count). The van der Waals surface area contributed by atoms with E-state index in [4.69, 9.17) is 18.3 Å². The van der Waals surface area contributed by atoms with E-state index in [-0.39, 0.29) is 55.7 Å². The number of aliphatic hydroxyl groups excluding tert-OH is 1. The number of ketones is 1. The molecule has 1 fully saturated rings. The first-order chi connectivity index (χ1) is 22.9. The maximum Gasteiger partial charge on any atom is 0.412 e. The average molecular weight is 668 g/mol. The van der Waals surface area contributed by atoms with E-state index in [9.17, 15) is 29.1 Å². The van der Waals surface area contributed by atoms with E-state index in [1.807, 2.05) is 0 Å². The molecule has 2 aromatic rings. The van der Waals surface area contributed by atoms with Gasteiger partial charge in [-0.3, -0.25) is 19.7 Å². The van der Waals surface area contributed by atoms with Crippen LogP contribution >= 0.6 is 0 Å². The zero-order valence-corrected chi connectivity index (χ0v) is 27.3. The summed E-state index contributed by atoms with van der Waals surface area (Å²) in [6.45, 7) is 7.18. The highest BCUT2D eigenvalue weighted by molar-refractivity contribution is 5.95. The SMILES string of the molecule is CC1=C\[C@@H](O)CC(=O)Cc2nc(co2)C(=O)N2CCC[C@@H]2C(=O)O[C@H]([C@H](C)COC(=O)Nc2coc(C)n2)[C@H](C)/C=C/C(=O)NC\C=C\1. The van der Waals surface area contributed by atoms with Crippen LogP contribution in [0.25, 0.3) is 0 Å². The summed E-state index contributed by atoms with van der Waals surface area (Å²) < 4.78 is 21.8. The highest BCUT2D eigenvalue weighted by Gasteiger charge is 2.39. The van der Waals surface area contributed by atoms with Crippen molar-refractivity contribution in [2.24, 2.45) is 11.8 Å². The van der Waals surface area contributed by atoms with Crippen molar-refractivity contribution < 1.29 is 47.4 Å². The summed E-state index contributed by atoms with van der Waals surface area (Å²) in [5, 5.41) is 15.5. The van der Waals surface area contributed by atoms with Crippen molar-refractivity contribution in [1.29, 1.82) is 0 Å². The zero-order chi connectivity index (χ0) is 34.8. The van der Waals surface area contributed by atoms with E-state index < -0.39 is 54.0 Å². The normalized spacial score (nSPS) is 26.4. The number of allylic oxidation sites excluding steroid dienone is 2. The van der Waals surface area contributed by atoms with Gasteiger partial charge in [0.25, 0.3) is 5.91 Å². The number of cyclic esters (lactones) is 1. The van der Waals surface area contributed by atoms with E-state index in [1.165, 1.54) is 23.3 Å². The first kappa shape index (κ1) is 35.8. The maximum atomic E-state index is 13.6. The molecule has 2 aromatic heterocycles. The minimum Gasteiger partial charge on any atom is -0.460 e. The number of carbonyl (C=O) groups excluding carboxylic acids is 5. The number of fused-ring (bicyclic) bond motifs is 3. The van der Waals surface area contributed by atoms with Crippen molar-refractivity contribution in [2.45, 2.75) is 71.6 Å². The first-order valence-electron chi connectivity index (χ1n) is 15.7. The monoisotopic (exact) mass is 667 g/mol. The lowest BCUT2D eigenvalue weighted by Gasteiger charge is -2.30. The van der Waals surface area contributed by atoms with Crippen molar-refractivity contribution in [3.63, 3.8) is 0 Å². The molecular formula is C33H41N5O10. The lowest BCUT2D eigenvalue weighted by molar-refractivity contribution is -0.159. The number of anilines is 1. The van der Waals surface area contributed by atoms with Gasteiger partial charge in [-0.2, -0.15) is 4.98 Å². The van der Waals surface area contributed by atoms with Gasteiger partial charge in [0, 0.05) is 38.3 Å². The summed E-state index contributed by atoms with van der Waals surface area (Å²) in [7, 11) is 0. The Morgan fingerprint density at radius 3 is 2.71 bits per heavy atom. The van der Waals surface area contributed by atoms with Gasteiger partial charge < -0.3 is 33.6 Å². The number of aryl methyl sites for hydroxylation is 1. The molecule has 2 aliphatic heterocycles. The lowest BCUT2D eigenvalue weighted by atomic mass is 9.93. The van der Waals surface area contributed by atoms with Crippen LogP contribution in [0.15, 0.2) is 57.3 Å². The molecular weight excluding hydrogens is 626 g/mol. The van der Waals surface area contributed by atoms with Gasteiger partial charge in [-0.15, -0.1) is 0 Å². The molecule has 3 amide bonds. The van der Waals surface area contributed by atoms with E-state index in [0.717, 1.165) is 6.26 Å². The summed E-state index contributed by atoms with van der Waals surface area (Å²) in [4.78, 5) is 74.1. The zero-order valence-electron chi connectivity index (χ0n) is 27.3. The van der Waals surface area contributed by atoms with E-state index in [0.29, 0.717) is 24.3 Å². The Hall–Kier alpha value is -5.05. The maximum absolute atomic E-state index is 13.6. The number of amides is 3. The average Bonchev–Trinajstić information content (AvgIpc) is 3.80. The number of nitrogens with one attached hydrogen (secondary N) is 2. The molecule has 0 saturated carbocycles. The second-order valence-electron chi connectivity index (χ2n) is 11.9. The quantitative estimate of drug-likeness (QED) is 0.403. The van der Waals surface area contributed by atoms with Gasteiger partial charge in [-0.05, 0) is 25.8 Å². The number of nitrogens with zero attached hydrogens (tertiary/aromatic N) is 3. The number of ether oxygens (including phenoxy) is 2. The van der Waals surface area contributed by atoms with Gasteiger partial charge in [0.15, 0.2) is 17.4 Å². The van der Waals surface area contributed by atoms with Gasteiger partial charge >= 0.3 is 12.1 Å². The minimum atomic E-state index is -1.05. The Morgan fingerprint density at radius 2 is 1.96 bits per heavy atom. The molecule has 15 heteroatoms. The van der Waals surface area contributed by atoms with E-state index >= 15 is 0 Å². The van der Waals surface area contributed by atoms with Crippen LogP contribution in [0.1, 0.15) is 62.3 Å². The summed E-state index contributed by atoms with van der Waals surface area (Å²) in [5.41, 5.74) is 0.619.